The third kappa shape index (κ3) is 3.70. The molecule has 0 saturated heterocycles. The van der Waals surface area contributed by atoms with Gasteiger partial charge in [0.05, 0.1) is 17.5 Å². The molecule has 202 valence electrons. The van der Waals surface area contributed by atoms with E-state index in [0.717, 1.165) is 0 Å². The van der Waals surface area contributed by atoms with Gasteiger partial charge in [-0.3, -0.25) is 33.7 Å². The van der Waals surface area contributed by atoms with Crippen molar-refractivity contribution in [2.45, 2.75) is 31.4 Å². The van der Waals surface area contributed by atoms with Crippen LogP contribution in [0.3, 0.4) is 0 Å². The quantitative estimate of drug-likeness (QED) is 0.379. The van der Waals surface area contributed by atoms with Crippen LogP contribution in [-0.2, 0) is 25.6 Å². The molecule has 39 heavy (non-hydrogen) atoms. The molecule has 0 aromatic heterocycles. The summed E-state index contributed by atoms with van der Waals surface area (Å²) in [6, 6.07) is 8.62. The van der Waals surface area contributed by atoms with Gasteiger partial charge in [0.2, 0.25) is 5.91 Å². The molecule has 6 atom stereocenters. The number of aliphatic hydroxyl groups is 1. The first-order valence-electron chi connectivity index (χ1n) is 12.6. The zero-order chi connectivity index (χ0) is 28.5. The van der Waals surface area contributed by atoms with Crippen LogP contribution in [0.2, 0.25) is 0 Å². The molecule has 0 aliphatic heterocycles. The van der Waals surface area contributed by atoms with Gasteiger partial charge in [-0.1, -0.05) is 24.3 Å². The molecule has 2 saturated carbocycles. The number of carbonyl (C=O) groups is 6. The number of benzene rings is 2. The van der Waals surface area contributed by atoms with Crippen LogP contribution in [0, 0.1) is 23.7 Å². The van der Waals surface area contributed by atoms with Gasteiger partial charge in [0.1, 0.15) is 5.75 Å². The standard InChI is InChI=1S/C29H28N2O8/c1-12(32)13-5-4-6-14(9-13)16-7-8-19(33)21-17(16)10-15-11-18-23(31(2)3)25(35)22(28(30)38)27(37)29(18,39)26(36)20(15)24(21)34/h4-9,15,18,20,22-23,33,39H,10-11H2,1-3H3,(H2,30,38)/t15-,18-,20?,22?,23-,29-/m0/s1. The Morgan fingerprint density at radius 2 is 1.74 bits per heavy atom. The van der Waals surface area contributed by atoms with Gasteiger partial charge in [-0.05, 0) is 68.6 Å². The fraction of sp³-hybridized carbons (Fsp3) is 0.379. The molecule has 3 aliphatic carbocycles. The van der Waals surface area contributed by atoms with Crippen LogP contribution in [0.5, 0.6) is 5.75 Å². The predicted molar refractivity (Wildman–Crippen MR) is 137 cm³/mol. The lowest BCUT2D eigenvalue weighted by molar-refractivity contribution is -0.181. The lowest BCUT2D eigenvalue weighted by atomic mass is 9.52. The number of rotatable bonds is 4. The number of nitrogens with two attached hydrogens (primary N) is 1. The van der Waals surface area contributed by atoms with Gasteiger partial charge < -0.3 is 15.9 Å². The Kier molecular flexibility index (Phi) is 6.15. The zero-order valence-electron chi connectivity index (χ0n) is 21.6. The van der Waals surface area contributed by atoms with Gasteiger partial charge >= 0.3 is 0 Å². The van der Waals surface area contributed by atoms with Crippen LogP contribution >= 0.6 is 0 Å². The number of nitrogens with zero attached hydrogens (tertiary/aromatic N) is 1. The highest BCUT2D eigenvalue weighted by Crippen LogP contribution is 2.51. The minimum atomic E-state index is -2.76. The summed E-state index contributed by atoms with van der Waals surface area (Å²) in [5, 5.41) is 22.3. The Labute approximate surface area is 223 Å². The second-order valence-corrected chi connectivity index (χ2v) is 10.9. The molecule has 0 bridgehead atoms. The van der Waals surface area contributed by atoms with Gasteiger partial charge in [-0.25, -0.2) is 0 Å². The molecule has 2 unspecified atom stereocenters. The topological polar surface area (TPSA) is 172 Å². The first-order valence-corrected chi connectivity index (χ1v) is 12.6. The van der Waals surface area contributed by atoms with Crippen LogP contribution < -0.4 is 5.73 Å². The van der Waals surface area contributed by atoms with Crippen LogP contribution in [0.4, 0.5) is 0 Å². The van der Waals surface area contributed by atoms with Gasteiger partial charge in [0.25, 0.3) is 0 Å². The van der Waals surface area contributed by atoms with Gasteiger partial charge in [-0.2, -0.15) is 0 Å². The van der Waals surface area contributed by atoms with E-state index in [0.29, 0.717) is 22.3 Å². The van der Waals surface area contributed by atoms with E-state index in [1.165, 1.54) is 32.0 Å². The summed E-state index contributed by atoms with van der Waals surface area (Å²) in [5.41, 5.74) is 4.66. The molecular formula is C29H28N2O8. The number of likely N-dealkylation sites (N-methyl/N-ethyl adjacent to an activating group) is 1. The zero-order valence-corrected chi connectivity index (χ0v) is 21.6. The van der Waals surface area contributed by atoms with Crippen molar-refractivity contribution < 1.29 is 39.0 Å². The van der Waals surface area contributed by atoms with Crippen molar-refractivity contribution in [2.24, 2.45) is 29.4 Å². The minimum Gasteiger partial charge on any atom is -0.507 e. The van der Waals surface area contributed by atoms with Crippen molar-refractivity contribution in [1.82, 2.24) is 4.90 Å². The van der Waals surface area contributed by atoms with Crippen molar-refractivity contribution in [3.8, 4) is 16.9 Å². The van der Waals surface area contributed by atoms with E-state index in [1.807, 2.05) is 0 Å². The maximum atomic E-state index is 13.9. The van der Waals surface area contributed by atoms with Crippen molar-refractivity contribution in [2.75, 3.05) is 14.1 Å². The molecule has 3 aliphatic rings. The molecule has 0 spiro atoms. The largest absolute Gasteiger partial charge is 0.507 e. The van der Waals surface area contributed by atoms with E-state index in [-0.39, 0.29) is 29.9 Å². The van der Waals surface area contributed by atoms with Crippen LogP contribution in [-0.4, -0.2) is 75.7 Å². The lowest BCUT2D eigenvalue weighted by Gasteiger charge is -2.52. The Balaban J connectivity index is 1.66. The molecule has 2 fully saturated rings. The van der Waals surface area contributed by atoms with Crippen molar-refractivity contribution in [3.05, 3.63) is 53.1 Å². The van der Waals surface area contributed by atoms with Crippen LogP contribution in [0.1, 0.15) is 39.6 Å². The molecule has 1 amide bonds. The fourth-order valence-electron chi connectivity index (χ4n) is 6.78. The summed E-state index contributed by atoms with van der Waals surface area (Å²) in [6.07, 6.45) is 0.104. The number of hydrogen-bond acceptors (Lipinski definition) is 9. The second-order valence-electron chi connectivity index (χ2n) is 10.9. The summed E-state index contributed by atoms with van der Waals surface area (Å²) in [7, 11) is 3.07. The first-order chi connectivity index (χ1) is 18.3. The highest BCUT2D eigenvalue weighted by atomic mass is 16.3. The number of Topliss-reactive ketones (excluding diaryl/α,β-unsaturated/α-hetero) is 5. The molecule has 2 aromatic carbocycles. The first kappa shape index (κ1) is 26.6. The van der Waals surface area contributed by atoms with Crippen molar-refractivity contribution in [3.63, 3.8) is 0 Å². The number of aromatic hydroxyl groups is 1. The Morgan fingerprint density at radius 1 is 1.05 bits per heavy atom. The number of hydrogen-bond donors (Lipinski definition) is 3. The number of primary amides is 1. The van der Waals surface area contributed by atoms with E-state index in [4.69, 9.17) is 5.73 Å². The predicted octanol–water partition coefficient (Wildman–Crippen LogP) is 0.737. The van der Waals surface area contributed by atoms with Gasteiger partial charge in [-0.15, -0.1) is 0 Å². The molecule has 0 heterocycles. The molecule has 10 heteroatoms. The molecule has 0 radical (unpaired) electrons. The minimum absolute atomic E-state index is 0.0352. The maximum Gasteiger partial charge on any atom is 0.235 e. The van der Waals surface area contributed by atoms with Gasteiger partial charge in [0.15, 0.2) is 40.4 Å². The molecular weight excluding hydrogens is 504 g/mol. The highest BCUT2D eigenvalue weighted by Gasteiger charge is 2.69. The van der Waals surface area contributed by atoms with E-state index in [1.54, 1.807) is 30.3 Å². The number of fused-ring (bicyclic) bond motifs is 3. The number of carbonyl (C=O) groups excluding carboxylic acids is 6. The number of phenolic OH excluding ortho intramolecular Hbond substituents is 1. The molecule has 2 aromatic rings. The maximum absolute atomic E-state index is 13.9. The average Bonchev–Trinajstić information content (AvgIpc) is 2.86. The third-order valence-electron chi connectivity index (χ3n) is 8.52. The molecule has 10 nitrogen and oxygen atoms in total. The van der Waals surface area contributed by atoms with Gasteiger partial charge in [0, 0.05) is 11.5 Å². The van der Waals surface area contributed by atoms with E-state index in [9.17, 15) is 39.0 Å². The third-order valence-corrected chi connectivity index (χ3v) is 8.52. The van der Waals surface area contributed by atoms with Crippen LogP contribution in [0.15, 0.2) is 36.4 Å². The second kappa shape index (κ2) is 9.03. The smallest absolute Gasteiger partial charge is 0.235 e. The Bertz CT molecular complexity index is 1490. The summed E-state index contributed by atoms with van der Waals surface area (Å²) in [4.78, 5) is 79.7. The van der Waals surface area contributed by atoms with Crippen molar-refractivity contribution in [1.29, 1.82) is 0 Å². The molecule has 5 rings (SSSR count). The number of amides is 1. The fourth-order valence-corrected chi connectivity index (χ4v) is 6.78. The van der Waals surface area contributed by atoms with E-state index < -0.39 is 64.4 Å². The van der Waals surface area contributed by atoms with Crippen LogP contribution in [0.25, 0.3) is 11.1 Å². The molecule has 4 N–H and O–H groups in total. The van der Waals surface area contributed by atoms with Crippen molar-refractivity contribution >= 4 is 34.8 Å². The SMILES string of the molecule is CC(=O)c1cccc(-c2ccc(O)c3c2C[C@H]2C[C@H]4[C@H](N(C)C)C(=O)C(C(N)=O)C(=O)[C@@]4(O)C(=O)C2C3=O)c1. The number of ketones is 5. The normalized spacial score (nSPS) is 30.0. The Morgan fingerprint density at radius 3 is 2.36 bits per heavy atom. The average molecular weight is 533 g/mol. The summed E-state index contributed by atoms with van der Waals surface area (Å²) < 4.78 is 0. The van der Waals surface area contributed by atoms with E-state index in [2.05, 4.69) is 0 Å². The monoisotopic (exact) mass is 532 g/mol. The highest BCUT2D eigenvalue weighted by molar-refractivity contribution is 6.32. The Hall–Kier alpha value is -4.02. The number of phenols is 1. The summed E-state index contributed by atoms with van der Waals surface area (Å²) in [5.74, 6) is -11.1. The lowest BCUT2D eigenvalue weighted by Crippen LogP contribution is -2.74. The van der Waals surface area contributed by atoms with E-state index >= 15 is 0 Å². The summed E-state index contributed by atoms with van der Waals surface area (Å²) in [6.45, 7) is 1.44. The summed E-state index contributed by atoms with van der Waals surface area (Å²) >= 11 is 0.